The number of rotatable bonds is 5. The monoisotopic (exact) mass is 270 g/mol. The number of hydrogen-bond acceptors (Lipinski definition) is 4. The number of carbonyl (C=O) groups excluding carboxylic acids is 1. The van der Waals surface area contributed by atoms with Crippen LogP contribution in [0.2, 0.25) is 0 Å². The lowest BCUT2D eigenvalue weighted by Crippen LogP contribution is -2.43. The van der Waals surface area contributed by atoms with Crippen molar-refractivity contribution in [1.82, 2.24) is 4.72 Å². The van der Waals surface area contributed by atoms with E-state index in [1.54, 1.807) is 18.2 Å². The number of hydrogen-bond donors (Lipinski definition) is 2. The Kier molecular flexibility index (Phi) is 4.86. The highest BCUT2D eigenvalue weighted by atomic mass is 32.2. The fourth-order valence-electron chi connectivity index (χ4n) is 1.48. The largest absolute Gasteiger partial charge is 0.320 e. The predicted molar refractivity (Wildman–Crippen MR) is 69.2 cm³/mol. The second kappa shape index (κ2) is 5.97. The van der Waals surface area contributed by atoms with Crippen molar-refractivity contribution in [2.45, 2.75) is 31.2 Å². The molecule has 100 valence electrons. The van der Waals surface area contributed by atoms with Crippen molar-refractivity contribution in [1.29, 1.82) is 0 Å². The Balaban J connectivity index is 2.76. The number of benzene rings is 1. The fourth-order valence-corrected chi connectivity index (χ4v) is 2.53. The van der Waals surface area contributed by atoms with E-state index in [0.717, 1.165) is 0 Å². The zero-order valence-corrected chi connectivity index (χ0v) is 11.3. The zero-order valence-electron chi connectivity index (χ0n) is 10.5. The summed E-state index contributed by atoms with van der Waals surface area (Å²) < 4.78 is 25.7. The van der Waals surface area contributed by atoms with Gasteiger partial charge >= 0.3 is 0 Å². The minimum absolute atomic E-state index is 0.0510. The van der Waals surface area contributed by atoms with Crippen LogP contribution in [0.3, 0.4) is 0 Å². The zero-order chi connectivity index (χ0) is 13.8. The molecule has 1 rings (SSSR count). The summed E-state index contributed by atoms with van der Waals surface area (Å²) in [5.41, 5.74) is 5.63. The van der Waals surface area contributed by atoms with Gasteiger partial charge in [-0.3, -0.25) is 4.79 Å². The van der Waals surface area contributed by atoms with Gasteiger partial charge in [-0.1, -0.05) is 32.0 Å². The summed E-state index contributed by atoms with van der Waals surface area (Å²) in [7, 11) is -3.82. The molecule has 1 atom stereocenters. The third kappa shape index (κ3) is 4.12. The number of amides is 1. The molecule has 1 aromatic carbocycles. The van der Waals surface area contributed by atoms with Crippen LogP contribution in [0.15, 0.2) is 35.2 Å². The maximum absolute atomic E-state index is 11.8. The SMILES string of the molecule is CC(C)C[C@H](N)C(=O)NS(=O)(=O)c1ccccc1. The number of nitrogens with two attached hydrogens (primary N) is 1. The molecule has 0 aromatic heterocycles. The van der Waals surface area contributed by atoms with Gasteiger partial charge in [-0.05, 0) is 24.5 Å². The number of sulfonamides is 1. The molecule has 0 aliphatic carbocycles. The average molecular weight is 270 g/mol. The highest BCUT2D eigenvalue weighted by molar-refractivity contribution is 7.90. The smallest absolute Gasteiger partial charge is 0.264 e. The average Bonchev–Trinajstić information content (AvgIpc) is 2.28. The second-order valence-electron chi connectivity index (χ2n) is 4.52. The first kappa shape index (κ1) is 14.7. The minimum Gasteiger partial charge on any atom is -0.320 e. The van der Waals surface area contributed by atoms with Gasteiger partial charge in [-0.15, -0.1) is 0 Å². The molecule has 5 nitrogen and oxygen atoms in total. The van der Waals surface area contributed by atoms with E-state index in [1.165, 1.54) is 12.1 Å². The van der Waals surface area contributed by atoms with E-state index < -0.39 is 22.0 Å². The molecule has 0 heterocycles. The van der Waals surface area contributed by atoms with Gasteiger partial charge in [0.05, 0.1) is 10.9 Å². The van der Waals surface area contributed by atoms with Gasteiger partial charge in [0.25, 0.3) is 15.9 Å². The molecule has 0 fully saturated rings. The molecule has 0 saturated heterocycles. The van der Waals surface area contributed by atoms with Crippen LogP contribution < -0.4 is 10.5 Å². The maximum atomic E-state index is 11.8. The van der Waals surface area contributed by atoms with Crippen LogP contribution >= 0.6 is 0 Å². The van der Waals surface area contributed by atoms with Gasteiger partial charge in [0.1, 0.15) is 0 Å². The van der Waals surface area contributed by atoms with Gasteiger partial charge < -0.3 is 5.73 Å². The molecule has 6 heteroatoms. The third-order valence-corrected chi connectivity index (χ3v) is 3.71. The lowest BCUT2D eigenvalue weighted by molar-refractivity contribution is -0.120. The van der Waals surface area contributed by atoms with Crippen LogP contribution in [0.25, 0.3) is 0 Å². The molecule has 0 saturated carbocycles. The van der Waals surface area contributed by atoms with Crippen molar-refractivity contribution in [3.05, 3.63) is 30.3 Å². The Labute approximate surface area is 107 Å². The van der Waals surface area contributed by atoms with E-state index in [2.05, 4.69) is 0 Å². The summed E-state index contributed by atoms with van der Waals surface area (Å²) in [5, 5.41) is 0. The van der Waals surface area contributed by atoms with Crippen LogP contribution in [0.4, 0.5) is 0 Å². The normalized spacial score (nSPS) is 13.3. The Morgan fingerprint density at radius 2 is 1.83 bits per heavy atom. The summed E-state index contributed by atoms with van der Waals surface area (Å²) in [6.45, 7) is 3.83. The third-order valence-electron chi connectivity index (χ3n) is 2.35. The number of nitrogens with one attached hydrogen (secondary N) is 1. The van der Waals surface area contributed by atoms with Crippen LogP contribution in [0, 0.1) is 5.92 Å². The topological polar surface area (TPSA) is 89.3 Å². The van der Waals surface area contributed by atoms with Gasteiger partial charge in [-0.25, -0.2) is 13.1 Å². The van der Waals surface area contributed by atoms with Crippen molar-refractivity contribution in [2.24, 2.45) is 11.7 Å². The first-order valence-corrected chi connectivity index (χ1v) is 7.18. The molecule has 0 radical (unpaired) electrons. The fraction of sp³-hybridized carbons (Fsp3) is 0.417. The standard InChI is InChI=1S/C12H18N2O3S/c1-9(2)8-11(13)12(15)14-18(16,17)10-6-4-3-5-7-10/h3-7,9,11H,8,13H2,1-2H3,(H,14,15)/t11-/m0/s1. The van der Waals surface area contributed by atoms with Crippen LogP contribution in [0.5, 0.6) is 0 Å². The number of carbonyl (C=O) groups is 1. The molecule has 3 N–H and O–H groups in total. The highest BCUT2D eigenvalue weighted by Crippen LogP contribution is 2.08. The summed E-state index contributed by atoms with van der Waals surface area (Å²) in [6.07, 6.45) is 0.441. The van der Waals surface area contributed by atoms with Crippen molar-refractivity contribution in [3.63, 3.8) is 0 Å². The maximum Gasteiger partial charge on any atom is 0.264 e. The molecular weight excluding hydrogens is 252 g/mol. The van der Waals surface area contributed by atoms with Gasteiger partial charge in [-0.2, -0.15) is 0 Å². The Hall–Kier alpha value is -1.40. The van der Waals surface area contributed by atoms with Crippen LogP contribution in [-0.4, -0.2) is 20.4 Å². The van der Waals surface area contributed by atoms with E-state index in [0.29, 0.717) is 6.42 Å². The van der Waals surface area contributed by atoms with Crippen LogP contribution in [0.1, 0.15) is 20.3 Å². The van der Waals surface area contributed by atoms with Crippen molar-refractivity contribution in [2.75, 3.05) is 0 Å². The predicted octanol–water partition coefficient (Wildman–Crippen LogP) is 0.865. The lowest BCUT2D eigenvalue weighted by atomic mass is 10.0. The molecular formula is C12H18N2O3S. The Bertz CT molecular complexity index is 497. The van der Waals surface area contributed by atoms with Crippen molar-refractivity contribution >= 4 is 15.9 Å². The van der Waals surface area contributed by atoms with Gasteiger partial charge in [0.15, 0.2) is 0 Å². The minimum atomic E-state index is -3.82. The molecule has 1 aromatic rings. The lowest BCUT2D eigenvalue weighted by Gasteiger charge is -2.14. The van der Waals surface area contributed by atoms with Crippen LogP contribution in [-0.2, 0) is 14.8 Å². The Morgan fingerprint density at radius 1 is 1.28 bits per heavy atom. The highest BCUT2D eigenvalue weighted by Gasteiger charge is 2.22. The quantitative estimate of drug-likeness (QED) is 0.830. The summed E-state index contributed by atoms with van der Waals surface area (Å²) >= 11 is 0. The molecule has 1 amide bonds. The molecule has 0 aliphatic rings. The Morgan fingerprint density at radius 3 is 2.33 bits per heavy atom. The van der Waals surface area contributed by atoms with E-state index in [4.69, 9.17) is 5.73 Å². The molecule has 18 heavy (non-hydrogen) atoms. The molecule has 0 unspecified atom stereocenters. The molecule has 0 spiro atoms. The van der Waals surface area contributed by atoms with E-state index in [1.807, 2.05) is 18.6 Å². The van der Waals surface area contributed by atoms with Gasteiger partial charge in [0, 0.05) is 0 Å². The molecule has 0 bridgehead atoms. The van der Waals surface area contributed by atoms with Crippen molar-refractivity contribution in [3.8, 4) is 0 Å². The van der Waals surface area contributed by atoms with Crippen molar-refractivity contribution < 1.29 is 13.2 Å². The van der Waals surface area contributed by atoms with E-state index in [9.17, 15) is 13.2 Å². The summed E-state index contributed by atoms with van der Waals surface area (Å²) in [6, 6.07) is 6.90. The second-order valence-corrected chi connectivity index (χ2v) is 6.20. The van der Waals surface area contributed by atoms with E-state index >= 15 is 0 Å². The van der Waals surface area contributed by atoms with Gasteiger partial charge in [0.2, 0.25) is 0 Å². The summed E-state index contributed by atoms with van der Waals surface area (Å²) in [4.78, 5) is 11.7. The first-order chi connectivity index (χ1) is 8.33. The first-order valence-electron chi connectivity index (χ1n) is 5.70. The summed E-state index contributed by atoms with van der Waals surface area (Å²) in [5.74, 6) is -0.447. The molecule has 0 aliphatic heterocycles. The van der Waals surface area contributed by atoms with E-state index in [-0.39, 0.29) is 10.8 Å².